The molecule has 0 aromatic rings. The van der Waals surface area contributed by atoms with E-state index in [0.29, 0.717) is 5.92 Å². The molecule has 1 amide bonds. The summed E-state index contributed by atoms with van der Waals surface area (Å²) >= 11 is 0. The molecule has 112 valence electrons. The summed E-state index contributed by atoms with van der Waals surface area (Å²) in [5, 5.41) is 0. The predicted molar refractivity (Wildman–Crippen MR) is 81.0 cm³/mol. The zero-order valence-corrected chi connectivity index (χ0v) is 12.8. The number of likely N-dealkylation sites (tertiary alicyclic amines) is 1. The Hall–Kier alpha value is -1.97. The number of nitrogens with zero attached hydrogens (tertiary/aromatic N) is 1. The molecular formula is C17H21NO3. The fraction of sp³-hybridized carbons (Fsp3) is 0.471. The van der Waals surface area contributed by atoms with E-state index in [1.807, 2.05) is 11.2 Å². The van der Waals surface area contributed by atoms with E-state index >= 15 is 0 Å². The third-order valence-electron chi connectivity index (χ3n) is 4.82. The highest BCUT2D eigenvalue weighted by Gasteiger charge is 2.30. The molecule has 0 spiro atoms. The molecule has 4 nitrogen and oxygen atoms in total. The molecule has 1 aliphatic carbocycles. The Morgan fingerprint density at radius 2 is 1.95 bits per heavy atom. The molecule has 2 heterocycles. The largest absolute Gasteiger partial charge is 0.493 e. The predicted octanol–water partition coefficient (Wildman–Crippen LogP) is 3.35. The summed E-state index contributed by atoms with van der Waals surface area (Å²) in [6.07, 6.45) is 6.45. The lowest BCUT2D eigenvalue weighted by Gasteiger charge is -2.30. The van der Waals surface area contributed by atoms with Gasteiger partial charge in [-0.15, -0.1) is 0 Å². The average molecular weight is 287 g/mol. The van der Waals surface area contributed by atoms with Gasteiger partial charge in [0.05, 0.1) is 13.4 Å². The maximum Gasteiger partial charge on any atom is 0.209 e. The Balaban J connectivity index is 2.06. The highest BCUT2D eigenvalue weighted by molar-refractivity contribution is 5.82. The average Bonchev–Trinajstić information content (AvgIpc) is 2.79. The summed E-state index contributed by atoms with van der Waals surface area (Å²) in [6, 6.07) is 0. The van der Waals surface area contributed by atoms with Crippen molar-refractivity contribution in [1.82, 2.24) is 4.90 Å². The maximum absolute atomic E-state index is 10.9. The quantitative estimate of drug-likeness (QED) is 0.813. The minimum atomic E-state index is 0.480. The number of methoxy groups -OCH3 is 1. The van der Waals surface area contributed by atoms with Crippen molar-refractivity contribution in [1.29, 1.82) is 0 Å². The molecule has 1 saturated heterocycles. The van der Waals surface area contributed by atoms with Crippen LogP contribution in [0, 0.1) is 13.8 Å². The van der Waals surface area contributed by atoms with Crippen molar-refractivity contribution in [2.24, 2.45) is 0 Å². The number of hydrogen-bond donors (Lipinski definition) is 0. The van der Waals surface area contributed by atoms with Crippen molar-refractivity contribution >= 4 is 6.41 Å². The van der Waals surface area contributed by atoms with E-state index < -0.39 is 0 Å². The second kappa shape index (κ2) is 5.43. The highest BCUT2D eigenvalue weighted by atomic mass is 16.5. The first-order valence-corrected chi connectivity index (χ1v) is 7.39. The minimum absolute atomic E-state index is 0.480. The number of carbonyl (C=O) groups excluding carboxylic acids is 1. The second-order valence-corrected chi connectivity index (χ2v) is 5.81. The lowest BCUT2D eigenvalue weighted by Crippen LogP contribution is -2.31. The number of carbonyl (C=O) groups is 1. The molecule has 21 heavy (non-hydrogen) atoms. The van der Waals surface area contributed by atoms with Crippen LogP contribution in [-0.4, -0.2) is 31.5 Å². The molecule has 0 atom stereocenters. The van der Waals surface area contributed by atoms with Gasteiger partial charge in [-0.3, -0.25) is 4.79 Å². The third-order valence-corrected chi connectivity index (χ3v) is 4.82. The van der Waals surface area contributed by atoms with E-state index in [4.69, 9.17) is 9.15 Å². The van der Waals surface area contributed by atoms with Crippen LogP contribution in [0.1, 0.15) is 35.4 Å². The number of amides is 1. The number of fused-ring (bicyclic) bond motifs is 1. The standard InChI is InChI=1S/C17H21NO3/c1-11-12(2)16(13-4-6-18(10-19)7-5-13)17-14(11)8-21-9-15(17)20-3/h8-10,13H,4-7H2,1-3H3. The van der Waals surface area contributed by atoms with Crippen molar-refractivity contribution in [2.45, 2.75) is 32.6 Å². The van der Waals surface area contributed by atoms with Gasteiger partial charge < -0.3 is 14.1 Å². The van der Waals surface area contributed by atoms with Gasteiger partial charge in [-0.1, -0.05) is 0 Å². The molecule has 0 unspecified atom stereocenters. The van der Waals surface area contributed by atoms with Gasteiger partial charge in [-0.25, -0.2) is 0 Å². The van der Waals surface area contributed by atoms with E-state index in [9.17, 15) is 4.79 Å². The Morgan fingerprint density at radius 1 is 1.24 bits per heavy atom. The van der Waals surface area contributed by atoms with E-state index in [-0.39, 0.29) is 0 Å². The number of ether oxygens (including phenoxy) is 1. The molecule has 1 fully saturated rings. The van der Waals surface area contributed by atoms with E-state index in [0.717, 1.165) is 43.7 Å². The normalized spacial score (nSPS) is 16.4. The Morgan fingerprint density at radius 3 is 2.57 bits per heavy atom. The zero-order chi connectivity index (χ0) is 15.0. The van der Waals surface area contributed by atoms with Gasteiger partial charge >= 0.3 is 0 Å². The van der Waals surface area contributed by atoms with Gasteiger partial charge in [-0.05, 0) is 49.3 Å². The Kier molecular flexibility index (Phi) is 3.62. The first-order chi connectivity index (χ1) is 10.2. The fourth-order valence-electron chi connectivity index (χ4n) is 3.51. The summed E-state index contributed by atoms with van der Waals surface area (Å²) in [4.78, 5) is 12.7. The second-order valence-electron chi connectivity index (χ2n) is 5.81. The molecule has 4 heteroatoms. The summed E-state index contributed by atoms with van der Waals surface area (Å²) in [7, 11) is 1.68. The van der Waals surface area contributed by atoms with Gasteiger partial charge in [0.2, 0.25) is 6.41 Å². The van der Waals surface area contributed by atoms with E-state index in [1.54, 1.807) is 13.4 Å². The lowest BCUT2D eigenvalue weighted by molar-refractivity contribution is -0.119. The molecule has 0 radical (unpaired) electrons. The Bertz CT molecular complexity index is 624. The molecule has 3 rings (SSSR count). The topological polar surface area (TPSA) is 42.7 Å². The number of hydrogen-bond acceptors (Lipinski definition) is 3. The van der Waals surface area contributed by atoms with Crippen molar-refractivity contribution < 1.29 is 13.9 Å². The van der Waals surface area contributed by atoms with Crippen molar-refractivity contribution in [3.05, 3.63) is 29.2 Å². The van der Waals surface area contributed by atoms with Crippen molar-refractivity contribution in [3.8, 4) is 16.9 Å². The van der Waals surface area contributed by atoms with Crippen LogP contribution in [0.25, 0.3) is 11.1 Å². The first-order valence-electron chi connectivity index (χ1n) is 7.39. The molecule has 0 aromatic carbocycles. The van der Waals surface area contributed by atoms with E-state index in [1.165, 1.54) is 22.3 Å². The SMILES string of the molecule is COc1cocc2c(C)c(C)c(C3CCN(C=O)CC3)c1-2. The van der Waals surface area contributed by atoms with Crippen LogP contribution in [0.4, 0.5) is 0 Å². The van der Waals surface area contributed by atoms with Gasteiger partial charge in [-0.2, -0.15) is 0 Å². The van der Waals surface area contributed by atoms with Crippen molar-refractivity contribution in [2.75, 3.05) is 20.2 Å². The number of piperidine rings is 1. The summed E-state index contributed by atoms with van der Waals surface area (Å²) in [5.41, 5.74) is 6.29. The summed E-state index contributed by atoms with van der Waals surface area (Å²) in [6.45, 7) is 5.98. The van der Waals surface area contributed by atoms with Gasteiger partial charge in [0.15, 0.2) is 5.75 Å². The van der Waals surface area contributed by atoms with Crippen LogP contribution < -0.4 is 4.74 Å². The van der Waals surface area contributed by atoms with Gasteiger partial charge in [0, 0.05) is 24.2 Å². The van der Waals surface area contributed by atoms with Crippen LogP contribution in [0.5, 0.6) is 5.75 Å². The lowest BCUT2D eigenvalue weighted by atomic mass is 9.86. The van der Waals surface area contributed by atoms with Crippen LogP contribution in [0.3, 0.4) is 0 Å². The third kappa shape index (κ3) is 2.19. The van der Waals surface area contributed by atoms with Gasteiger partial charge in [0.1, 0.15) is 6.26 Å². The maximum atomic E-state index is 10.9. The van der Waals surface area contributed by atoms with E-state index in [2.05, 4.69) is 13.8 Å². The molecule has 0 bridgehead atoms. The zero-order valence-electron chi connectivity index (χ0n) is 12.8. The minimum Gasteiger partial charge on any atom is -0.493 e. The fourth-order valence-corrected chi connectivity index (χ4v) is 3.51. The first kappa shape index (κ1) is 14.0. The molecule has 0 saturated carbocycles. The molecule has 0 N–H and O–H groups in total. The van der Waals surface area contributed by atoms with Crippen LogP contribution >= 0.6 is 0 Å². The van der Waals surface area contributed by atoms with Crippen LogP contribution in [0.2, 0.25) is 0 Å². The van der Waals surface area contributed by atoms with Crippen molar-refractivity contribution in [3.63, 3.8) is 0 Å². The molecule has 0 aromatic heterocycles. The Labute approximate surface area is 125 Å². The van der Waals surface area contributed by atoms with Crippen LogP contribution in [-0.2, 0) is 4.79 Å². The smallest absolute Gasteiger partial charge is 0.209 e. The summed E-state index contributed by atoms with van der Waals surface area (Å²) in [5.74, 6) is 1.28. The highest BCUT2D eigenvalue weighted by Crippen LogP contribution is 2.47. The monoisotopic (exact) mass is 287 g/mol. The molecular weight excluding hydrogens is 266 g/mol. The molecule has 2 aliphatic heterocycles. The molecule has 3 aliphatic rings. The van der Waals surface area contributed by atoms with Gasteiger partial charge in [0.25, 0.3) is 0 Å². The summed E-state index contributed by atoms with van der Waals surface area (Å²) < 4.78 is 10.9. The van der Waals surface area contributed by atoms with Crippen LogP contribution in [0.15, 0.2) is 16.9 Å². The number of rotatable bonds is 3.